The molecule has 2 rings (SSSR count). The number of carbonyl (C=O) groups is 1. The van der Waals surface area contributed by atoms with Crippen molar-refractivity contribution >= 4 is 5.91 Å². The standard InChI is InChI=1S/C12H17N3O2/c1-9-2-3-13-6-10(9)7-15-12(16)11-8-14-4-5-17-11/h2-3,6,11,14H,4-5,7-8H2,1H3,(H,15,16). The van der Waals surface area contributed by atoms with Crippen molar-refractivity contribution in [3.63, 3.8) is 0 Å². The molecule has 2 heterocycles. The normalized spacial score (nSPS) is 19.9. The molecule has 0 saturated carbocycles. The molecule has 0 radical (unpaired) electrons. The van der Waals surface area contributed by atoms with Crippen molar-refractivity contribution < 1.29 is 9.53 Å². The van der Waals surface area contributed by atoms with Crippen LogP contribution in [-0.4, -0.2) is 36.7 Å². The first kappa shape index (κ1) is 12.0. The number of nitrogens with one attached hydrogen (secondary N) is 2. The number of amides is 1. The van der Waals surface area contributed by atoms with Crippen molar-refractivity contribution in [1.29, 1.82) is 0 Å². The summed E-state index contributed by atoms with van der Waals surface area (Å²) in [4.78, 5) is 15.8. The quantitative estimate of drug-likeness (QED) is 0.774. The first-order valence-electron chi connectivity index (χ1n) is 5.77. The fourth-order valence-corrected chi connectivity index (χ4v) is 1.71. The summed E-state index contributed by atoms with van der Waals surface area (Å²) in [5.74, 6) is -0.0690. The van der Waals surface area contributed by atoms with E-state index in [0.29, 0.717) is 19.7 Å². The molecule has 1 aliphatic rings. The molecule has 1 atom stereocenters. The average molecular weight is 235 g/mol. The third-order valence-corrected chi connectivity index (χ3v) is 2.82. The van der Waals surface area contributed by atoms with Crippen LogP contribution in [-0.2, 0) is 16.1 Å². The van der Waals surface area contributed by atoms with E-state index in [1.165, 1.54) is 0 Å². The molecule has 1 saturated heterocycles. The Morgan fingerprint density at radius 3 is 3.29 bits per heavy atom. The van der Waals surface area contributed by atoms with E-state index in [9.17, 15) is 4.79 Å². The van der Waals surface area contributed by atoms with E-state index in [-0.39, 0.29) is 12.0 Å². The molecule has 1 aliphatic heterocycles. The largest absolute Gasteiger partial charge is 0.366 e. The second-order valence-electron chi connectivity index (χ2n) is 4.08. The smallest absolute Gasteiger partial charge is 0.250 e. The SMILES string of the molecule is Cc1ccncc1CNC(=O)C1CNCCO1. The van der Waals surface area contributed by atoms with Gasteiger partial charge >= 0.3 is 0 Å². The number of aryl methyl sites for hydroxylation is 1. The van der Waals surface area contributed by atoms with Crippen LogP contribution >= 0.6 is 0 Å². The van der Waals surface area contributed by atoms with Gasteiger partial charge in [0.25, 0.3) is 5.91 Å². The molecule has 1 amide bonds. The minimum Gasteiger partial charge on any atom is -0.366 e. The number of hydrogen-bond donors (Lipinski definition) is 2. The zero-order valence-corrected chi connectivity index (χ0v) is 9.90. The Morgan fingerprint density at radius 1 is 1.71 bits per heavy atom. The van der Waals surface area contributed by atoms with Crippen LogP contribution < -0.4 is 10.6 Å². The minimum absolute atomic E-state index is 0.0690. The van der Waals surface area contributed by atoms with E-state index in [1.807, 2.05) is 13.0 Å². The molecular weight excluding hydrogens is 218 g/mol. The van der Waals surface area contributed by atoms with Crippen molar-refractivity contribution in [2.75, 3.05) is 19.7 Å². The van der Waals surface area contributed by atoms with Gasteiger partial charge in [0.15, 0.2) is 0 Å². The van der Waals surface area contributed by atoms with Gasteiger partial charge in [-0.05, 0) is 24.1 Å². The van der Waals surface area contributed by atoms with Crippen molar-refractivity contribution in [1.82, 2.24) is 15.6 Å². The number of pyridine rings is 1. The van der Waals surface area contributed by atoms with Gasteiger partial charge in [0.1, 0.15) is 6.10 Å². The summed E-state index contributed by atoms with van der Waals surface area (Å²) in [5.41, 5.74) is 2.16. The molecule has 1 aromatic heterocycles. The molecule has 1 unspecified atom stereocenters. The Labute approximate surface area is 101 Å². The zero-order valence-electron chi connectivity index (χ0n) is 9.90. The molecular formula is C12H17N3O2. The van der Waals surface area contributed by atoms with Gasteiger partial charge in [0, 0.05) is 32.0 Å². The van der Waals surface area contributed by atoms with Gasteiger partial charge < -0.3 is 15.4 Å². The number of morpholine rings is 1. The first-order valence-corrected chi connectivity index (χ1v) is 5.77. The summed E-state index contributed by atoms with van der Waals surface area (Å²) in [6.07, 6.45) is 3.14. The Hall–Kier alpha value is -1.46. The Kier molecular flexibility index (Phi) is 4.06. The summed E-state index contributed by atoms with van der Waals surface area (Å²) in [7, 11) is 0. The molecule has 1 aromatic rings. The first-order chi connectivity index (χ1) is 8.27. The topological polar surface area (TPSA) is 63.2 Å². The molecule has 17 heavy (non-hydrogen) atoms. The molecule has 0 spiro atoms. The highest BCUT2D eigenvalue weighted by Gasteiger charge is 2.21. The predicted molar refractivity (Wildman–Crippen MR) is 63.4 cm³/mol. The highest BCUT2D eigenvalue weighted by atomic mass is 16.5. The molecule has 0 aromatic carbocycles. The zero-order chi connectivity index (χ0) is 12.1. The number of ether oxygens (including phenoxy) is 1. The Bertz CT molecular complexity index is 389. The van der Waals surface area contributed by atoms with E-state index in [2.05, 4.69) is 15.6 Å². The van der Waals surface area contributed by atoms with Crippen LogP contribution in [0.3, 0.4) is 0 Å². The predicted octanol–water partition coefficient (Wildman–Crippen LogP) is -0.00538. The van der Waals surface area contributed by atoms with Gasteiger partial charge in [-0.3, -0.25) is 9.78 Å². The summed E-state index contributed by atoms with van der Waals surface area (Å²) in [6.45, 7) is 4.48. The summed E-state index contributed by atoms with van der Waals surface area (Å²) >= 11 is 0. The lowest BCUT2D eigenvalue weighted by Gasteiger charge is -2.22. The van der Waals surface area contributed by atoms with E-state index in [4.69, 9.17) is 4.74 Å². The third-order valence-electron chi connectivity index (χ3n) is 2.82. The fraction of sp³-hybridized carbons (Fsp3) is 0.500. The molecule has 5 heteroatoms. The molecule has 92 valence electrons. The van der Waals surface area contributed by atoms with Gasteiger partial charge in [-0.2, -0.15) is 0 Å². The molecule has 0 aliphatic carbocycles. The van der Waals surface area contributed by atoms with Crippen LogP contribution in [0.15, 0.2) is 18.5 Å². The lowest BCUT2D eigenvalue weighted by atomic mass is 10.1. The maximum atomic E-state index is 11.8. The number of hydrogen-bond acceptors (Lipinski definition) is 4. The summed E-state index contributed by atoms with van der Waals surface area (Å²) in [5, 5.41) is 5.99. The number of rotatable bonds is 3. The van der Waals surface area contributed by atoms with Crippen LogP contribution in [0.25, 0.3) is 0 Å². The lowest BCUT2D eigenvalue weighted by Crippen LogP contribution is -2.47. The van der Waals surface area contributed by atoms with Crippen LogP contribution in [0.4, 0.5) is 0 Å². The van der Waals surface area contributed by atoms with Crippen LogP contribution in [0.2, 0.25) is 0 Å². The van der Waals surface area contributed by atoms with Gasteiger partial charge in [-0.1, -0.05) is 0 Å². The van der Waals surface area contributed by atoms with Crippen LogP contribution in [0, 0.1) is 6.92 Å². The molecule has 5 nitrogen and oxygen atoms in total. The maximum absolute atomic E-state index is 11.8. The van der Waals surface area contributed by atoms with Crippen molar-refractivity contribution in [2.45, 2.75) is 19.6 Å². The van der Waals surface area contributed by atoms with Gasteiger partial charge in [-0.15, -0.1) is 0 Å². The van der Waals surface area contributed by atoms with Gasteiger partial charge in [0.05, 0.1) is 6.61 Å². The highest BCUT2D eigenvalue weighted by Crippen LogP contribution is 2.04. The number of aromatic nitrogens is 1. The number of carbonyl (C=O) groups excluding carboxylic acids is 1. The summed E-state index contributed by atoms with van der Waals surface area (Å²) < 4.78 is 5.37. The Balaban J connectivity index is 1.85. The Morgan fingerprint density at radius 2 is 2.59 bits per heavy atom. The van der Waals surface area contributed by atoms with Crippen molar-refractivity contribution in [3.8, 4) is 0 Å². The van der Waals surface area contributed by atoms with Gasteiger partial charge in [0.2, 0.25) is 0 Å². The van der Waals surface area contributed by atoms with Crippen molar-refractivity contribution in [2.24, 2.45) is 0 Å². The summed E-state index contributed by atoms with van der Waals surface area (Å²) in [6, 6.07) is 1.93. The van der Waals surface area contributed by atoms with E-state index in [0.717, 1.165) is 17.7 Å². The molecule has 2 N–H and O–H groups in total. The second kappa shape index (κ2) is 5.75. The lowest BCUT2D eigenvalue weighted by molar-refractivity contribution is -0.134. The minimum atomic E-state index is -0.374. The second-order valence-corrected chi connectivity index (χ2v) is 4.08. The van der Waals surface area contributed by atoms with Crippen LogP contribution in [0.1, 0.15) is 11.1 Å². The monoisotopic (exact) mass is 235 g/mol. The third kappa shape index (κ3) is 3.25. The van der Waals surface area contributed by atoms with Gasteiger partial charge in [-0.25, -0.2) is 0 Å². The maximum Gasteiger partial charge on any atom is 0.250 e. The molecule has 0 bridgehead atoms. The van der Waals surface area contributed by atoms with E-state index < -0.39 is 0 Å². The van der Waals surface area contributed by atoms with Crippen molar-refractivity contribution in [3.05, 3.63) is 29.6 Å². The van der Waals surface area contributed by atoms with E-state index >= 15 is 0 Å². The number of nitrogens with zero attached hydrogens (tertiary/aromatic N) is 1. The highest BCUT2D eigenvalue weighted by molar-refractivity contribution is 5.81. The average Bonchev–Trinajstić information content (AvgIpc) is 2.38. The fourth-order valence-electron chi connectivity index (χ4n) is 1.71. The van der Waals surface area contributed by atoms with Crippen LogP contribution in [0.5, 0.6) is 0 Å². The molecule has 1 fully saturated rings. The van der Waals surface area contributed by atoms with E-state index in [1.54, 1.807) is 12.4 Å².